The lowest BCUT2D eigenvalue weighted by Crippen LogP contribution is -2.44. The predicted molar refractivity (Wildman–Crippen MR) is 124 cm³/mol. The number of hydrogen-bond donors (Lipinski definition) is 2. The number of carboxylic acid groups (broad SMARTS) is 2. The van der Waals surface area contributed by atoms with Crippen LogP contribution in [0.15, 0.2) is 0 Å². The van der Waals surface area contributed by atoms with Crippen LogP contribution in [0, 0.1) is 11.3 Å². The predicted octanol–water partition coefficient (Wildman–Crippen LogP) is 7.98. The zero-order valence-corrected chi connectivity index (χ0v) is 19.6. The van der Waals surface area contributed by atoms with Crippen molar-refractivity contribution in [3.8, 4) is 0 Å². The Morgan fingerprint density at radius 3 is 1.53 bits per heavy atom. The molecule has 2 unspecified atom stereocenters. The van der Waals surface area contributed by atoms with Crippen LogP contribution in [-0.4, -0.2) is 22.2 Å². The Labute approximate surface area is 185 Å². The molecule has 4 heteroatoms. The van der Waals surface area contributed by atoms with Gasteiger partial charge in [-0.15, -0.1) is 0 Å². The van der Waals surface area contributed by atoms with E-state index in [2.05, 4.69) is 6.92 Å². The van der Waals surface area contributed by atoms with Gasteiger partial charge in [0.1, 0.15) is 0 Å². The molecule has 30 heavy (non-hydrogen) atoms. The SMILES string of the molecule is CCCCCCCCCCCCCCCCCCC1(C(=O)O)CCCCC1C(=O)O. The first-order valence-corrected chi connectivity index (χ1v) is 13.0. The third-order valence-corrected chi connectivity index (χ3v) is 7.23. The van der Waals surface area contributed by atoms with E-state index in [0.29, 0.717) is 19.3 Å². The summed E-state index contributed by atoms with van der Waals surface area (Å²) < 4.78 is 0. The van der Waals surface area contributed by atoms with Crippen molar-refractivity contribution in [3.05, 3.63) is 0 Å². The standard InChI is InChI=1S/C26H48O4/c1-2-3-4-5-6-7-8-9-10-11-12-13-14-15-16-18-21-26(25(29)30)22-19-17-20-23(26)24(27)28/h23H,2-22H2,1H3,(H,27,28)(H,29,30). The van der Waals surface area contributed by atoms with Gasteiger partial charge < -0.3 is 10.2 Å². The summed E-state index contributed by atoms with van der Waals surface area (Å²) in [6, 6.07) is 0. The fraction of sp³-hybridized carbons (Fsp3) is 0.923. The van der Waals surface area contributed by atoms with Crippen LogP contribution in [0.2, 0.25) is 0 Å². The molecule has 1 saturated carbocycles. The van der Waals surface area contributed by atoms with Crippen LogP contribution in [0.3, 0.4) is 0 Å². The van der Waals surface area contributed by atoms with Crippen LogP contribution in [-0.2, 0) is 9.59 Å². The molecule has 0 aromatic heterocycles. The minimum atomic E-state index is -1.03. The number of rotatable bonds is 19. The van der Waals surface area contributed by atoms with Crippen molar-refractivity contribution in [2.24, 2.45) is 11.3 Å². The van der Waals surface area contributed by atoms with Gasteiger partial charge in [0.2, 0.25) is 0 Å². The number of hydrogen-bond acceptors (Lipinski definition) is 2. The highest BCUT2D eigenvalue weighted by molar-refractivity contribution is 5.83. The average Bonchev–Trinajstić information content (AvgIpc) is 2.73. The van der Waals surface area contributed by atoms with Gasteiger partial charge in [-0.05, 0) is 19.3 Å². The highest BCUT2D eigenvalue weighted by Crippen LogP contribution is 2.45. The molecule has 0 saturated heterocycles. The van der Waals surface area contributed by atoms with E-state index in [1.165, 1.54) is 83.5 Å². The number of carbonyl (C=O) groups is 2. The molecule has 1 rings (SSSR count). The van der Waals surface area contributed by atoms with E-state index in [1.54, 1.807) is 0 Å². The van der Waals surface area contributed by atoms with Crippen molar-refractivity contribution in [3.63, 3.8) is 0 Å². The molecule has 1 aliphatic carbocycles. The summed E-state index contributed by atoms with van der Waals surface area (Å²) in [7, 11) is 0. The van der Waals surface area contributed by atoms with E-state index in [1.807, 2.05) is 0 Å². The molecule has 0 heterocycles. The van der Waals surface area contributed by atoms with Crippen molar-refractivity contribution < 1.29 is 19.8 Å². The normalized spacial score (nSPS) is 21.6. The minimum absolute atomic E-state index is 0.514. The van der Waals surface area contributed by atoms with Crippen LogP contribution in [0.5, 0.6) is 0 Å². The Hall–Kier alpha value is -1.06. The van der Waals surface area contributed by atoms with Gasteiger partial charge in [0.05, 0.1) is 11.3 Å². The number of aliphatic carboxylic acids is 2. The maximum absolute atomic E-state index is 11.9. The topological polar surface area (TPSA) is 74.6 Å². The number of carboxylic acids is 2. The lowest BCUT2D eigenvalue weighted by molar-refractivity contribution is -0.166. The quantitative estimate of drug-likeness (QED) is 0.206. The molecular formula is C26H48O4. The van der Waals surface area contributed by atoms with E-state index in [-0.39, 0.29) is 0 Å². The Bertz CT molecular complexity index is 462. The minimum Gasteiger partial charge on any atom is -0.481 e. The summed E-state index contributed by atoms with van der Waals surface area (Å²) in [5.41, 5.74) is -1.03. The Morgan fingerprint density at radius 2 is 1.13 bits per heavy atom. The summed E-state index contributed by atoms with van der Waals surface area (Å²) in [4.78, 5) is 23.5. The van der Waals surface area contributed by atoms with Crippen molar-refractivity contribution in [2.75, 3.05) is 0 Å². The zero-order valence-electron chi connectivity index (χ0n) is 19.6. The molecule has 176 valence electrons. The van der Waals surface area contributed by atoms with Crippen LogP contribution in [0.25, 0.3) is 0 Å². The van der Waals surface area contributed by atoms with E-state index in [9.17, 15) is 19.8 Å². The van der Waals surface area contributed by atoms with Gasteiger partial charge in [-0.1, -0.05) is 122 Å². The van der Waals surface area contributed by atoms with Crippen LogP contribution >= 0.6 is 0 Å². The fourth-order valence-corrected chi connectivity index (χ4v) is 5.25. The van der Waals surface area contributed by atoms with Gasteiger partial charge in [0, 0.05) is 0 Å². The first-order chi connectivity index (χ1) is 14.5. The largest absolute Gasteiger partial charge is 0.481 e. The monoisotopic (exact) mass is 424 g/mol. The molecule has 4 nitrogen and oxygen atoms in total. The number of unbranched alkanes of at least 4 members (excludes halogenated alkanes) is 15. The zero-order chi connectivity index (χ0) is 22.1. The maximum Gasteiger partial charge on any atom is 0.310 e. The first-order valence-electron chi connectivity index (χ1n) is 13.0. The smallest absolute Gasteiger partial charge is 0.310 e. The summed E-state index contributed by atoms with van der Waals surface area (Å²) >= 11 is 0. The van der Waals surface area contributed by atoms with Gasteiger partial charge in [0.25, 0.3) is 0 Å². The molecule has 0 spiro atoms. The second-order valence-electron chi connectivity index (χ2n) is 9.65. The van der Waals surface area contributed by atoms with Crippen LogP contribution in [0.1, 0.15) is 142 Å². The first kappa shape index (κ1) is 27.0. The lowest BCUT2D eigenvalue weighted by Gasteiger charge is -2.38. The Morgan fingerprint density at radius 1 is 0.700 bits per heavy atom. The Balaban J connectivity index is 2.01. The summed E-state index contributed by atoms with van der Waals surface area (Å²) in [5, 5.41) is 19.3. The third-order valence-electron chi connectivity index (χ3n) is 7.23. The lowest BCUT2D eigenvalue weighted by atomic mass is 9.63. The third kappa shape index (κ3) is 10.3. The van der Waals surface area contributed by atoms with Crippen molar-refractivity contribution in [2.45, 2.75) is 142 Å². The summed E-state index contributed by atoms with van der Waals surface area (Å²) in [6.45, 7) is 2.27. The Kier molecular flexibility index (Phi) is 14.9. The highest BCUT2D eigenvalue weighted by atomic mass is 16.4. The second kappa shape index (κ2) is 16.6. The van der Waals surface area contributed by atoms with Gasteiger partial charge in [-0.3, -0.25) is 9.59 Å². The molecule has 0 amide bonds. The van der Waals surface area contributed by atoms with Crippen LogP contribution in [0.4, 0.5) is 0 Å². The van der Waals surface area contributed by atoms with E-state index < -0.39 is 23.3 Å². The molecule has 1 fully saturated rings. The molecule has 1 aliphatic rings. The van der Waals surface area contributed by atoms with E-state index in [0.717, 1.165) is 32.1 Å². The molecule has 2 atom stereocenters. The van der Waals surface area contributed by atoms with Gasteiger partial charge in [-0.25, -0.2) is 0 Å². The van der Waals surface area contributed by atoms with E-state index >= 15 is 0 Å². The van der Waals surface area contributed by atoms with Crippen molar-refractivity contribution in [1.29, 1.82) is 0 Å². The molecular weight excluding hydrogens is 376 g/mol. The van der Waals surface area contributed by atoms with Gasteiger partial charge in [0.15, 0.2) is 0 Å². The average molecular weight is 425 g/mol. The summed E-state index contributed by atoms with van der Waals surface area (Å²) in [5.74, 6) is -2.52. The van der Waals surface area contributed by atoms with Crippen LogP contribution < -0.4 is 0 Å². The van der Waals surface area contributed by atoms with Crippen molar-refractivity contribution >= 4 is 11.9 Å². The molecule has 0 aromatic carbocycles. The second-order valence-corrected chi connectivity index (χ2v) is 9.65. The molecule has 0 aliphatic heterocycles. The van der Waals surface area contributed by atoms with E-state index in [4.69, 9.17) is 0 Å². The molecule has 0 bridgehead atoms. The highest BCUT2D eigenvalue weighted by Gasteiger charge is 2.50. The molecule has 0 aromatic rings. The van der Waals surface area contributed by atoms with Gasteiger partial charge in [-0.2, -0.15) is 0 Å². The fourth-order valence-electron chi connectivity index (χ4n) is 5.25. The van der Waals surface area contributed by atoms with Gasteiger partial charge >= 0.3 is 11.9 Å². The maximum atomic E-state index is 11.9. The molecule has 2 N–H and O–H groups in total. The molecule has 0 radical (unpaired) electrons. The summed E-state index contributed by atoms with van der Waals surface area (Å²) in [6.07, 6.45) is 23.9. The van der Waals surface area contributed by atoms with Crippen molar-refractivity contribution in [1.82, 2.24) is 0 Å².